The lowest BCUT2D eigenvalue weighted by Gasteiger charge is -2.21. The number of hydrogen-bond donors (Lipinski definition) is 0. The standard InChI is InChI=1S/C10H10BrF3N2O/c1-2-16(6-10(12,13)14)9(17)8-4-3-7(11)5-15-8/h3-5H,2,6H2,1H3. The van der Waals surface area contributed by atoms with Crippen molar-refractivity contribution in [3.05, 3.63) is 28.5 Å². The van der Waals surface area contributed by atoms with Gasteiger partial charge in [-0.3, -0.25) is 4.79 Å². The molecule has 0 N–H and O–H groups in total. The monoisotopic (exact) mass is 310 g/mol. The van der Waals surface area contributed by atoms with Gasteiger partial charge in [0.05, 0.1) is 0 Å². The summed E-state index contributed by atoms with van der Waals surface area (Å²) in [4.78, 5) is 16.2. The van der Waals surface area contributed by atoms with E-state index in [0.29, 0.717) is 9.37 Å². The maximum atomic E-state index is 12.2. The zero-order valence-corrected chi connectivity index (χ0v) is 10.5. The van der Waals surface area contributed by atoms with Crippen molar-refractivity contribution in [1.29, 1.82) is 0 Å². The zero-order chi connectivity index (χ0) is 13.1. The number of halogens is 4. The van der Waals surface area contributed by atoms with Gasteiger partial charge in [0.1, 0.15) is 12.2 Å². The molecule has 7 heteroatoms. The lowest BCUT2D eigenvalue weighted by Crippen LogP contribution is -2.39. The molecule has 0 saturated carbocycles. The zero-order valence-electron chi connectivity index (χ0n) is 8.96. The third kappa shape index (κ3) is 4.33. The normalized spacial score (nSPS) is 11.4. The van der Waals surface area contributed by atoms with E-state index in [1.54, 1.807) is 6.07 Å². The van der Waals surface area contributed by atoms with Crippen LogP contribution in [0.5, 0.6) is 0 Å². The smallest absolute Gasteiger partial charge is 0.328 e. The molecule has 0 spiro atoms. The van der Waals surface area contributed by atoms with Crippen LogP contribution in [0.15, 0.2) is 22.8 Å². The third-order valence-corrected chi connectivity index (χ3v) is 2.45. The number of alkyl halides is 3. The first-order valence-electron chi connectivity index (χ1n) is 4.81. The quantitative estimate of drug-likeness (QED) is 0.860. The lowest BCUT2D eigenvalue weighted by atomic mass is 10.3. The molecule has 94 valence electrons. The molecular formula is C10H10BrF3N2O. The molecule has 0 fully saturated rings. The van der Waals surface area contributed by atoms with Crippen LogP contribution in [0.4, 0.5) is 13.2 Å². The van der Waals surface area contributed by atoms with Crippen LogP contribution in [0.3, 0.4) is 0 Å². The maximum Gasteiger partial charge on any atom is 0.406 e. The maximum absolute atomic E-state index is 12.2. The fourth-order valence-corrected chi connectivity index (χ4v) is 1.44. The van der Waals surface area contributed by atoms with Crippen molar-refractivity contribution in [2.24, 2.45) is 0 Å². The Kier molecular flexibility index (Phi) is 4.50. The summed E-state index contributed by atoms with van der Waals surface area (Å²) < 4.78 is 37.3. The van der Waals surface area contributed by atoms with Crippen LogP contribution < -0.4 is 0 Å². The van der Waals surface area contributed by atoms with Gasteiger partial charge in [-0.2, -0.15) is 13.2 Å². The first-order valence-corrected chi connectivity index (χ1v) is 5.60. The molecule has 0 aromatic carbocycles. The highest BCUT2D eigenvalue weighted by Gasteiger charge is 2.32. The molecular weight excluding hydrogens is 301 g/mol. The molecule has 3 nitrogen and oxygen atoms in total. The summed E-state index contributed by atoms with van der Waals surface area (Å²) in [6.45, 7) is 0.207. The summed E-state index contributed by atoms with van der Waals surface area (Å²) in [5.41, 5.74) is -0.000648. The van der Waals surface area contributed by atoms with Crippen molar-refractivity contribution in [3.8, 4) is 0 Å². The fraction of sp³-hybridized carbons (Fsp3) is 0.400. The minimum absolute atomic E-state index is 0.000648. The number of aromatic nitrogens is 1. The van der Waals surface area contributed by atoms with Crippen molar-refractivity contribution in [1.82, 2.24) is 9.88 Å². The predicted molar refractivity (Wildman–Crippen MR) is 59.6 cm³/mol. The molecule has 0 saturated heterocycles. The van der Waals surface area contributed by atoms with Gasteiger partial charge in [-0.05, 0) is 35.0 Å². The molecule has 0 aliphatic heterocycles. The predicted octanol–water partition coefficient (Wildman–Crippen LogP) is 2.87. The van der Waals surface area contributed by atoms with Crippen LogP contribution >= 0.6 is 15.9 Å². The van der Waals surface area contributed by atoms with Crippen LogP contribution in [0.2, 0.25) is 0 Å². The van der Waals surface area contributed by atoms with E-state index in [0.717, 1.165) is 0 Å². The Hall–Kier alpha value is -1.11. The largest absolute Gasteiger partial charge is 0.406 e. The first-order chi connectivity index (χ1) is 7.83. The van der Waals surface area contributed by atoms with E-state index in [9.17, 15) is 18.0 Å². The van der Waals surface area contributed by atoms with E-state index in [-0.39, 0.29) is 12.2 Å². The Labute approximate surface area is 105 Å². The van der Waals surface area contributed by atoms with Gasteiger partial charge in [-0.1, -0.05) is 0 Å². The van der Waals surface area contributed by atoms with E-state index < -0.39 is 18.6 Å². The minimum atomic E-state index is -4.40. The number of carbonyl (C=O) groups excluding carboxylic acids is 1. The Balaban J connectivity index is 2.83. The highest BCUT2D eigenvalue weighted by atomic mass is 79.9. The van der Waals surface area contributed by atoms with E-state index in [2.05, 4.69) is 20.9 Å². The average Bonchev–Trinajstić information content (AvgIpc) is 2.25. The summed E-state index contributed by atoms with van der Waals surface area (Å²) in [6, 6.07) is 2.94. The van der Waals surface area contributed by atoms with E-state index in [1.165, 1.54) is 19.2 Å². The van der Waals surface area contributed by atoms with Crippen molar-refractivity contribution in [2.75, 3.05) is 13.1 Å². The summed E-state index contributed by atoms with van der Waals surface area (Å²) in [5.74, 6) is -0.725. The second-order valence-corrected chi connectivity index (χ2v) is 4.21. The summed E-state index contributed by atoms with van der Waals surface area (Å²) in [5, 5.41) is 0. The second-order valence-electron chi connectivity index (χ2n) is 3.30. The molecule has 1 heterocycles. The van der Waals surface area contributed by atoms with Crippen LogP contribution in [-0.2, 0) is 0 Å². The fourth-order valence-electron chi connectivity index (χ4n) is 1.21. The van der Waals surface area contributed by atoms with Crippen molar-refractivity contribution < 1.29 is 18.0 Å². The van der Waals surface area contributed by atoms with Gasteiger partial charge in [-0.25, -0.2) is 4.98 Å². The van der Waals surface area contributed by atoms with Crippen LogP contribution in [0, 0.1) is 0 Å². The Morgan fingerprint density at radius 2 is 2.12 bits per heavy atom. The van der Waals surface area contributed by atoms with Gasteiger partial charge in [0.2, 0.25) is 0 Å². The van der Waals surface area contributed by atoms with E-state index in [1.807, 2.05) is 0 Å². The Bertz CT molecular complexity index is 392. The summed E-state index contributed by atoms with van der Waals surface area (Å²) in [7, 11) is 0. The highest BCUT2D eigenvalue weighted by molar-refractivity contribution is 9.10. The Morgan fingerprint density at radius 3 is 2.53 bits per heavy atom. The third-order valence-electron chi connectivity index (χ3n) is 1.99. The van der Waals surface area contributed by atoms with Crippen molar-refractivity contribution >= 4 is 21.8 Å². The molecule has 0 unspecified atom stereocenters. The molecule has 0 atom stereocenters. The van der Waals surface area contributed by atoms with E-state index >= 15 is 0 Å². The lowest BCUT2D eigenvalue weighted by molar-refractivity contribution is -0.140. The number of hydrogen-bond acceptors (Lipinski definition) is 2. The van der Waals surface area contributed by atoms with E-state index in [4.69, 9.17) is 0 Å². The van der Waals surface area contributed by atoms with Crippen molar-refractivity contribution in [3.63, 3.8) is 0 Å². The molecule has 1 aromatic rings. The second kappa shape index (κ2) is 5.48. The SMILES string of the molecule is CCN(CC(F)(F)F)C(=O)c1ccc(Br)cn1. The first kappa shape index (κ1) is 14.0. The number of pyridine rings is 1. The highest BCUT2D eigenvalue weighted by Crippen LogP contribution is 2.18. The molecule has 1 amide bonds. The number of carbonyl (C=O) groups is 1. The minimum Gasteiger partial charge on any atom is -0.328 e. The number of amides is 1. The van der Waals surface area contributed by atoms with Gasteiger partial charge in [0.25, 0.3) is 5.91 Å². The molecule has 0 aliphatic rings. The molecule has 0 aliphatic carbocycles. The van der Waals surface area contributed by atoms with Crippen LogP contribution in [-0.4, -0.2) is 35.1 Å². The molecule has 1 aromatic heterocycles. The number of nitrogens with zero attached hydrogens (tertiary/aromatic N) is 2. The van der Waals surface area contributed by atoms with Gasteiger partial charge in [0, 0.05) is 17.2 Å². The topological polar surface area (TPSA) is 33.2 Å². The molecule has 0 radical (unpaired) electrons. The van der Waals surface area contributed by atoms with Gasteiger partial charge in [0.15, 0.2) is 0 Å². The van der Waals surface area contributed by atoms with Crippen LogP contribution in [0.25, 0.3) is 0 Å². The molecule has 17 heavy (non-hydrogen) atoms. The van der Waals surface area contributed by atoms with Gasteiger partial charge < -0.3 is 4.90 Å². The average molecular weight is 311 g/mol. The van der Waals surface area contributed by atoms with Crippen LogP contribution in [0.1, 0.15) is 17.4 Å². The summed E-state index contributed by atoms with van der Waals surface area (Å²) >= 11 is 3.13. The summed E-state index contributed by atoms with van der Waals surface area (Å²) in [6.07, 6.45) is -3.03. The number of rotatable bonds is 3. The molecule has 0 bridgehead atoms. The van der Waals surface area contributed by atoms with Crippen molar-refractivity contribution in [2.45, 2.75) is 13.1 Å². The van der Waals surface area contributed by atoms with Gasteiger partial charge >= 0.3 is 6.18 Å². The Morgan fingerprint density at radius 1 is 1.47 bits per heavy atom. The van der Waals surface area contributed by atoms with Gasteiger partial charge in [-0.15, -0.1) is 0 Å². The molecule has 1 rings (SSSR count).